The van der Waals surface area contributed by atoms with Gasteiger partial charge in [0.1, 0.15) is 0 Å². The van der Waals surface area contributed by atoms with Crippen molar-refractivity contribution in [2.75, 3.05) is 0 Å². The number of nitriles is 1. The standard InChI is InChI=1S/C14H8N2S2Se/c15-8-10(7-11-3-1-5-17-11)14-16-12(9-19-14)13-4-2-6-18-13/h1-7,9H. The summed E-state index contributed by atoms with van der Waals surface area (Å²) in [6, 6.07) is 10.4. The fourth-order valence-electron chi connectivity index (χ4n) is 1.59. The second-order valence-electron chi connectivity index (χ2n) is 3.70. The Kier molecular flexibility index (Phi) is 3.76. The molecule has 0 fully saturated rings. The first-order valence-corrected chi connectivity index (χ1v) is 9.12. The van der Waals surface area contributed by atoms with E-state index in [0.29, 0.717) is 5.57 Å². The monoisotopic (exact) mass is 348 g/mol. The Morgan fingerprint density at radius 1 is 1.26 bits per heavy atom. The van der Waals surface area contributed by atoms with E-state index in [1.54, 1.807) is 22.7 Å². The van der Waals surface area contributed by atoms with Crippen molar-refractivity contribution < 1.29 is 0 Å². The number of aromatic nitrogens is 1. The van der Waals surface area contributed by atoms with Crippen LogP contribution >= 0.6 is 22.7 Å². The third-order valence-corrected chi connectivity index (χ3v) is 6.01. The van der Waals surface area contributed by atoms with Gasteiger partial charge in [0.15, 0.2) is 0 Å². The van der Waals surface area contributed by atoms with Crippen molar-refractivity contribution in [3.63, 3.8) is 0 Å². The summed E-state index contributed by atoms with van der Waals surface area (Å²) < 4.78 is 0.923. The number of hydrogen-bond donors (Lipinski definition) is 0. The molecule has 0 aliphatic heterocycles. The minimum absolute atomic E-state index is 0.151. The Labute approximate surface area is 125 Å². The molecule has 3 aromatic rings. The number of thiophene rings is 2. The summed E-state index contributed by atoms with van der Waals surface area (Å²) in [6.45, 7) is 0. The molecule has 3 aromatic heterocycles. The van der Waals surface area contributed by atoms with E-state index in [0.717, 1.165) is 15.1 Å². The Morgan fingerprint density at radius 2 is 2.11 bits per heavy atom. The molecule has 0 saturated heterocycles. The van der Waals surface area contributed by atoms with Crippen LogP contribution in [0.25, 0.3) is 22.2 Å². The number of hydrogen-bond acceptors (Lipinski definition) is 4. The molecule has 0 atom stereocenters. The molecule has 0 N–H and O–H groups in total. The van der Waals surface area contributed by atoms with Gasteiger partial charge in [-0.3, -0.25) is 0 Å². The Bertz CT molecular complexity index is 731. The summed E-state index contributed by atoms with van der Waals surface area (Å²) >= 11 is 3.47. The quantitative estimate of drug-likeness (QED) is 0.531. The van der Waals surface area contributed by atoms with Crippen molar-refractivity contribution in [2.45, 2.75) is 0 Å². The van der Waals surface area contributed by atoms with E-state index in [9.17, 15) is 5.26 Å². The fraction of sp³-hybridized carbons (Fsp3) is 0. The van der Waals surface area contributed by atoms with Gasteiger partial charge in [0.2, 0.25) is 0 Å². The Hall–Kier alpha value is -1.44. The van der Waals surface area contributed by atoms with Crippen LogP contribution in [0.4, 0.5) is 0 Å². The molecule has 2 nitrogen and oxygen atoms in total. The maximum absolute atomic E-state index is 9.30. The molecule has 0 spiro atoms. The van der Waals surface area contributed by atoms with E-state index < -0.39 is 0 Å². The van der Waals surface area contributed by atoms with Crippen molar-refractivity contribution >= 4 is 48.8 Å². The van der Waals surface area contributed by atoms with Crippen LogP contribution < -0.4 is 0 Å². The first-order chi connectivity index (χ1) is 9.36. The van der Waals surface area contributed by atoms with Crippen LogP contribution in [0, 0.1) is 11.3 Å². The van der Waals surface area contributed by atoms with Gasteiger partial charge in [-0.25, -0.2) is 0 Å². The van der Waals surface area contributed by atoms with Crippen LogP contribution in [0.2, 0.25) is 0 Å². The van der Waals surface area contributed by atoms with Crippen LogP contribution in [0.15, 0.2) is 40.0 Å². The van der Waals surface area contributed by atoms with Gasteiger partial charge in [-0.05, 0) is 0 Å². The van der Waals surface area contributed by atoms with E-state index in [2.05, 4.69) is 22.1 Å². The third-order valence-electron chi connectivity index (χ3n) is 2.46. The zero-order valence-electron chi connectivity index (χ0n) is 9.74. The molecule has 0 aromatic carbocycles. The molecular formula is C14H8N2S2Se. The van der Waals surface area contributed by atoms with Gasteiger partial charge in [-0.2, -0.15) is 0 Å². The van der Waals surface area contributed by atoms with Crippen molar-refractivity contribution in [2.24, 2.45) is 0 Å². The van der Waals surface area contributed by atoms with E-state index in [1.807, 2.05) is 35.0 Å². The summed E-state index contributed by atoms with van der Waals surface area (Å²) in [5, 5.41) is 13.4. The molecule has 0 aliphatic rings. The molecule has 0 radical (unpaired) electrons. The van der Waals surface area contributed by atoms with Crippen molar-refractivity contribution in [1.29, 1.82) is 5.26 Å². The molecule has 0 amide bonds. The first-order valence-electron chi connectivity index (χ1n) is 5.52. The van der Waals surface area contributed by atoms with E-state index >= 15 is 0 Å². The Balaban J connectivity index is 1.96. The van der Waals surface area contributed by atoms with Gasteiger partial charge < -0.3 is 0 Å². The first kappa shape index (κ1) is 12.6. The van der Waals surface area contributed by atoms with Gasteiger partial charge in [-0.15, -0.1) is 0 Å². The van der Waals surface area contributed by atoms with Crippen LogP contribution in [-0.2, 0) is 0 Å². The zero-order valence-corrected chi connectivity index (χ0v) is 13.1. The SMILES string of the molecule is N#CC(=Cc1cccs1)c1nc(-c2cccs2)c[se]1. The topological polar surface area (TPSA) is 36.7 Å². The van der Waals surface area contributed by atoms with Crippen LogP contribution in [0.3, 0.4) is 0 Å². The van der Waals surface area contributed by atoms with Gasteiger partial charge >= 0.3 is 125 Å². The van der Waals surface area contributed by atoms with Gasteiger partial charge in [0.05, 0.1) is 0 Å². The maximum atomic E-state index is 9.30. The van der Waals surface area contributed by atoms with Crippen LogP contribution in [-0.4, -0.2) is 19.5 Å². The van der Waals surface area contributed by atoms with E-state index in [-0.39, 0.29) is 14.5 Å². The van der Waals surface area contributed by atoms with Gasteiger partial charge in [-0.1, -0.05) is 0 Å². The Morgan fingerprint density at radius 3 is 2.79 bits per heavy atom. The second kappa shape index (κ2) is 5.68. The third kappa shape index (κ3) is 2.78. The fourth-order valence-corrected chi connectivity index (χ4v) is 4.75. The molecule has 3 heterocycles. The average molecular weight is 347 g/mol. The van der Waals surface area contributed by atoms with Crippen molar-refractivity contribution in [1.82, 2.24) is 4.98 Å². The summed E-state index contributed by atoms with van der Waals surface area (Å²) in [5.74, 6) is 0. The molecule has 0 bridgehead atoms. The van der Waals surface area contributed by atoms with Crippen molar-refractivity contribution in [3.05, 3.63) is 49.4 Å². The predicted molar refractivity (Wildman–Crippen MR) is 82.3 cm³/mol. The summed E-state index contributed by atoms with van der Waals surface area (Å²) in [6.07, 6.45) is 1.93. The molecule has 19 heavy (non-hydrogen) atoms. The van der Waals surface area contributed by atoms with Crippen LogP contribution in [0.1, 0.15) is 9.44 Å². The predicted octanol–water partition coefficient (Wildman–Crippen LogP) is 3.99. The second-order valence-corrected chi connectivity index (χ2v) is 7.43. The molecule has 92 valence electrons. The molecule has 0 saturated carbocycles. The van der Waals surface area contributed by atoms with Crippen LogP contribution in [0.5, 0.6) is 0 Å². The molecule has 3 rings (SSSR count). The van der Waals surface area contributed by atoms with Crippen molar-refractivity contribution in [3.8, 4) is 16.6 Å². The normalized spacial score (nSPS) is 11.4. The van der Waals surface area contributed by atoms with Gasteiger partial charge in [0, 0.05) is 0 Å². The average Bonchev–Trinajstić information content (AvgIpc) is 3.15. The molecular weight excluding hydrogens is 339 g/mol. The van der Waals surface area contributed by atoms with E-state index in [1.165, 1.54) is 4.88 Å². The number of allylic oxidation sites excluding steroid dienone is 1. The molecule has 5 heteroatoms. The summed E-state index contributed by atoms with van der Waals surface area (Å²) in [5.41, 5.74) is 1.70. The number of rotatable bonds is 3. The number of nitrogens with zero attached hydrogens (tertiary/aromatic N) is 2. The molecule has 0 aliphatic carbocycles. The summed E-state index contributed by atoms with van der Waals surface area (Å²) in [7, 11) is 0. The van der Waals surface area contributed by atoms with Gasteiger partial charge in [0.25, 0.3) is 0 Å². The molecule has 0 unspecified atom stereocenters. The zero-order chi connectivity index (χ0) is 13.1. The minimum atomic E-state index is 0.151. The summed E-state index contributed by atoms with van der Waals surface area (Å²) in [4.78, 5) is 9.03. The van der Waals surface area contributed by atoms with E-state index in [4.69, 9.17) is 0 Å².